The molecule has 2 aliphatic rings. The number of hydrogen-bond acceptors (Lipinski definition) is 5. The summed E-state index contributed by atoms with van der Waals surface area (Å²) in [6, 6.07) is 0.553. The van der Waals surface area contributed by atoms with Crippen molar-refractivity contribution >= 4 is 11.5 Å². The number of aryl methyl sites for hydroxylation is 1. The van der Waals surface area contributed by atoms with Gasteiger partial charge in [0.1, 0.15) is 18.1 Å². The Morgan fingerprint density at radius 2 is 2.15 bits per heavy atom. The molecule has 3 rings (SSSR count). The molecule has 5 heteroatoms. The summed E-state index contributed by atoms with van der Waals surface area (Å²) in [6.45, 7) is 3.69. The lowest BCUT2D eigenvalue weighted by Crippen LogP contribution is -2.24. The molecule has 20 heavy (non-hydrogen) atoms. The maximum atomic E-state index is 5.70. The third kappa shape index (κ3) is 2.97. The number of aromatic nitrogens is 2. The normalized spacial score (nSPS) is 18.2. The van der Waals surface area contributed by atoms with Gasteiger partial charge in [-0.1, -0.05) is 26.2 Å². The first-order chi connectivity index (χ1) is 9.86. The molecule has 0 atom stereocenters. The fourth-order valence-corrected chi connectivity index (χ4v) is 2.89. The maximum absolute atomic E-state index is 5.70. The first kappa shape index (κ1) is 13.5. The summed E-state index contributed by atoms with van der Waals surface area (Å²) >= 11 is 0. The van der Waals surface area contributed by atoms with Crippen molar-refractivity contribution in [1.82, 2.24) is 9.97 Å². The van der Waals surface area contributed by atoms with E-state index in [1.54, 1.807) is 0 Å². The summed E-state index contributed by atoms with van der Waals surface area (Å²) in [4.78, 5) is 9.27. The third-order valence-corrected chi connectivity index (χ3v) is 4.01. The number of nitrogens with zero attached hydrogens (tertiary/aromatic N) is 2. The molecule has 1 aliphatic heterocycles. The van der Waals surface area contributed by atoms with Crippen molar-refractivity contribution in [2.75, 3.05) is 23.8 Å². The molecule has 110 valence electrons. The minimum Gasteiger partial charge on any atom is -0.474 e. The van der Waals surface area contributed by atoms with Crippen molar-refractivity contribution in [2.24, 2.45) is 0 Å². The van der Waals surface area contributed by atoms with Gasteiger partial charge in [-0.3, -0.25) is 0 Å². The van der Waals surface area contributed by atoms with E-state index in [1.807, 2.05) is 0 Å². The van der Waals surface area contributed by atoms with Crippen LogP contribution in [-0.2, 0) is 6.42 Å². The lowest BCUT2D eigenvalue weighted by molar-refractivity contribution is 0.308. The van der Waals surface area contributed by atoms with Crippen molar-refractivity contribution in [2.45, 2.75) is 57.9 Å². The Bertz CT molecular complexity index is 457. The van der Waals surface area contributed by atoms with E-state index < -0.39 is 0 Å². The summed E-state index contributed by atoms with van der Waals surface area (Å²) in [7, 11) is 0. The Morgan fingerprint density at radius 1 is 1.30 bits per heavy atom. The Hall–Kier alpha value is -1.52. The highest BCUT2D eigenvalue weighted by molar-refractivity contribution is 5.71. The summed E-state index contributed by atoms with van der Waals surface area (Å²) < 4.78 is 5.70. The van der Waals surface area contributed by atoms with Crippen LogP contribution in [0.3, 0.4) is 0 Å². The molecular formula is C15H24N4O. The first-order valence-corrected chi connectivity index (χ1v) is 7.91. The number of rotatable bonds is 5. The van der Waals surface area contributed by atoms with Gasteiger partial charge >= 0.3 is 0 Å². The van der Waals surface area contributed by atoms with Crippen LogP contribution >= 0.6 is 0 Å². The molecule has 0 aromatic carbocycles. The predicted octanol–water partition coefficient (Wildman–Crippen LogP) is 2.98. The molecule has 0 spiro atoms. The SMILES string of the molecule is CCCCc1nc(NC2CCCC2)c2c(n1)OCCN2. The summed E-state index contributed by atoms with van der Waals surface area (Å²) in [6.07, 6.45) is 8.31. The van der Waals surface area contributed by atoms with E-state index in [2.05, 4.69) is 22.5 Å². The number of fused-ring (bicyclic) bond motifs is 1. The van der Waals surface area contributed by atoms with E-state index in [0.29, 0.717) is 12.6 Å². The van der Waals surface area contributed by atoms with Crippen molar-refractivity contribution < 1.29 is 4.74 Å². The van der Waals surface area contributed by atoms with Gasteiger partial charge in [0.15, 0.2) is 5.82 Å². The van der Waals surface area contributed by atoms with E-state index in [1.165, 1.54) is 25.7 Å². The van der Waals surface area contributed by atoms with Crippen LogP contribution in [0.1, 0.15) is 51.3 Å². The van der Waals surface area contributed by atoms with Crippen molar-refractivity contribution in [3.8, 4) is 5.88 Å². The predicted molar refractivity (Wildman–Crippen MR) is 80.5 cm³/mol. The molecule has 2 N–H and O–H groups in total. The van der Waals surface area contributed by atoms with Crippen LogP contribution in [0.5, 0.6) is 5.88 Å². The molecule has 0 bridgehead atoms. The molecule has 0 amide bonds. The zero-order chi connectivity index (χ0) is 13.8. The zero-order valence-corrected chi connectivity index (χ0v) is 12.2. The topological polar surface area (TPSA) is 59.1 Å². The van der Waals surface area contributed by atoms with Gasteiger partial charge in [0.05, 0.1) is 0 Å². The van der Waals surface area contributed by atoms with Gasteiger partial charge in [0, 0.05) is 19.0 Å². The zero-order valence-electron chi connectivity index (χ0n) is 12.2. The second kappa shape index (κ2) is 6.29. The Morgan fingerprint density at radius 3 is 2.95 bits per heavy atom. The molecule has 0 unspecified atom stereocenters. The number of nitrogens with one attached hydrogen (secondary N) is 2. The summed E-state index contributed by atoms with van der Waals surface area (Å²) in [5.41, 5.74) is 0.948. The highest BCUT2D eigenvalue weighted by Gasteiger charge is 2.22. The van der Waals surface area contributed by atoms with E-state index >= 15 is 0 Å². The van der Waals surface area contributed by atoms with E-state index in [0.717, 1.165) is 49.0 Å². The van der Waals surface area contributed by atoms with Gasteiger partial charge in [-0.25, -0.2) is 4.98 Å². The van der Waals surface area contributed by atoms with Gasteiger partial charge in [-0.15, -0.1) is 0 Å². The van der Waals surface area contributed by atoms with Crippen LogP contribution in [-0.4, -0.2) is 29.2 Å². The van der Waals surface area contributed by atoms with E-state index in [9.17, 15) is 0 Å². The summed E-state index contributed by atoms with van der Waals surface area (Å²) in [5, 5.41) is 6.97. The van der Waals surface area contributed by atoms with Crippen molar-refractivity contribution in [1.29, 1.82) is 0 Å². The Labute approximate surface area is 120 Å². The van der Waals surface area contributed by atoms with Crippen LogP contribution in [0.15, 0.2) is 0 Å². The van der Waals surface area contributed by atoms with Crippen LogP contribution < -0.4 is 15.4 Å². The van der Waals surface area contributed by atoms with Crippen LogP contribution in [0.4, 0.5) is 11.5 Å². The van der Waals surface area contributed by atoms with Crippen LogP contribution in [0, 0.1) is 0 Å². The van der Waals surface area contributed by atoms with Crippen molar-refractivity contribution in [3.63, 3.8) is 0 Å². The molecule has 2 heterocycles. The molecule has 1 aromatic heterocycles. The molecule has 1 aromatic rings. The summed E-state index contributed by atoms with van der Waals surface area (Å²) in [5.74, 6) is 2.56. The number of ether oxygens (including phenoxy) is 1. The van der Waals surface area contributed by atoms with E-state index in [4.69, 9.17) is 9.72 Å². The maximum Gasteiger partial charge on any atom is 0.243 e. The smallest absolute Gasteiger partial charge is 0.243 e. The second-order valence-corrected chi connectivity index (χ2v) is 5.67. The minimum atomic E-state index is 0.553. The first-order valence-electron chi connectivity index (χ1n) is 7.91. The van der Waals surface area contributed by atoms with Gasteiger partial charge in [0.25, 0.3) is 0 Å². The van der Waals surface area contributed by atoms with E-state index in [-0.39, 0.29) is 0 Å². The molecule has 1 aliphatic carbocycles. The molecule has 0 saturated heterocycles. The average Bonchev–Trinajstić information content (AvgIpc) is 2.98. The Balaban J connectivity index is 1.83. The van der Waals surface area contributed by atoms with Crippen LogP contribution in [0.2, 0.25) is 0 Å². The van der Waals surface area contributed by atoms with Crippen LogP contribution in [0.25, 0.3) is 0 Å². The largest absolute Gasteiger partial charge is 0.474 e. The lowest BCUT2D eigenvalue weighted by Gasteiger charge is -2.23. The highest BCUT2D eigenvalue weighted by atomic mass is 16.5. The van der Waals surface area contributed by atoms with Gasteiger partial charge < -0.3 is 15.4 Å². The number of unbranched alkanes of at least 4 members (excludes halogenated alkanes) is 1. The third-order valence-electron chi connectivity index (χ3n) is 4.01. The standard InChI is InChI=1S/C15H24N4O/c1-2-3-8-12-18-14(17-11-6-4-5-7-11)13-15(19-12)20-10-9-16-13/h11,16H,2-10H2,1H3,(H,17,18,19). The highest BCUT2D eigenvalue weighted by Crippen LogP contribution is 2.34. The minimum absolute atomic E-state index is 0.553. The van der Waals surface area contributed by atoms with Gasteiger partial charge in [-0.05, 0) is 19.3 Å². The molecule has 1 fully saturated rings. The lowest BCUT2D eigenvalue weighted by atomic mass is 10.2. The average molecular weight is 276 g/mol. The van der Waals surface area contributed by atoms with Gasteiger partial charge in [-0.2, -0.15) is 4.98 Å². The molecule has 0 radical (unpaired) electrons. The number of anilines is 2. The Kier molecular flexibility index (Phi) is 4.23. The monoisotopic (exact) mass is 276 g/mol. The van der Waals surface area contributed by atoms with Gasteiger partial charge in [0.2, 0.25) is 5.88 Å². The molecular weight excluding hydrogens is 252 g/mol. The van der Waals surface area contributed by atoms with Crippen molar-refractivity contribution in [3.05, 3.63) is 5.82 Å². The second-order valence-electron chi connectivity index (χ2n) is 5.67. The fraction of sp³-hybridized carbons (Fsp3) is 0.733. The molecule has 5 nitrogen and oxygen atoms in total. The quantitative estimate of drug-likeness (QED) is 0.866. The molecule has 1 saturated carbocycles. The fourth-order valence-electron chi connectivity index (χ4n) is 2.89. The number of hydrogen-bond donors (Lipinski definition) is 2.